The molecule has 0 radical (unpaired) electrons. The number of hydrogen-bond donors (Lipinski definition) is 0. The highest BCUT2D eigenvalue weighted by atomic mass is 19.1. The van der Waals surface area contributed by atoms with Crippen LogP contribution in [-0.2, 0) is 0 Å². The smallest absolute Gasteiger partial charge is 0.160 e. The van der Waals surface area contributed by atoms with Crippen LogP contribution in [0.2, 0.25) is 0 Å². The third kappa shape index (κ3) is 1.61. The predicted molar refractivity (Wildman–Crippen MR) is 53.9 cm³/mol. The molecule has 0 saturated carbocycles. The fourth-order valence-corrected chi connectivity index (χ4v) is 1.59. The van der Waals surface area contributed by atoms with Crippen molar-refractivity contribution in [1.29, 1.82) is 0 Å². The van der Waals surface area contributed by atoms with Gasteiger partial charge in [0.1, 0.15) is 11.6 Å². The molecule has 2 aromatic carbocycles. The van der Waals surface area contributed by atoms with Gasteiger partial charge in [0.05, 0.1) is 0 Å². The van der Waals surface area contributed by atoms with E-state index >= 15 is 0 Å². The Morgan fingerprint density at radius 3 is 2.47 bits per heavy atom. The Morgan fingerprint density at radius 2 is 1.80 bits per heavy atom. The summed E-state index contributed by atoms with van der Waals surface area (Å²) in [7, 11) is 0. The number of ketones is 1. The third-order valence-corrected chi connectivity index (χ3v) is 2.30. The molecule has 0 spiro atoms. The summed E-state index contributed by atoms with van der Waals surface area (Å²) in [5.74, 6) is -1.19. The third-order valence-electron chi connectivity index (χ3n) is 2.30. The van der Waals surface area contributed by atoms with E-state index in [0.717, 1.165) is 6.07 Å². The van der Waals surface area contributed by atoms with Crippen molar-refractivity contribution in [3.05, 3.63) is 47.5 Å². The van der Waals surface area contributed by atoms with Crippen LogP contribution in [-0.4, -0.2) is 5.78 Å². The van der Waals surface area contributed by atoms with Crippen LogP contribution in [0.3, 0.4) is 0 Å². The lowest BCUT2D eigenvalue weighted by atomic mass is 10.0. The number of rotatable bonds is 1. The number of benzene rings is 2. The summed E-state index contributed by atoms with van der Waals surface area (Å²) in [6.07, 6.45) is 0. The average Bonchev–Trinajstić information content (AvgIpc) is 2.19. The maximum atomic E-state index is 13.3. The van der Waals surface area contributed by atoms with Crippen LogP contribution in [0.1, 0.15) is 17.3 Å². The van der Waals surface area contributed by atoms with Crippen LogP contribution >= 0.6 is 0 Å². The highest BCUT2D eigenvalue weighted by Gasteiger charge is 2.09. The van der Waals surface area contributed by atoms with Gasteiger partial charge in [0, 0.05) is 10.9 Å². The summed E-state index contributed by atoms with van der Waals surface area (Å²) in [6.45, 7) is 1.40. The van der Waals surface area contributed by atoms with Crippen molar-refractivity contribution in [2.45, 2.75) is 6.92 Å². The normalized spacial score (nSPS) is 10.6. The maximum absolute atomic E-state index is 13.3. The Hall–Kier alpha value is -1.77. The molecule has 0 bridgehead atoms. The minimum absolute atomic E-state index is 0.141. The molecule has 0 N–H and O–H groups in total. The molecule has 2 aromatic rings. The Bertz CT molecular complexity index is 547. The SMILES string of the molecule is CC(=O)c1ccc(F)c2cc(F)ccc12. The van der Waals surface area contributed by atoms with Crippen molar-refractivity contribution >= 4 is 16.6 Å². The fraction of sp³-hybridized carbons (Fsp3) is 0.0833. The number of carbonyl (C=O) groups excluding carboxylic acids is 1. The van der Waals surface area contributed by atoms with Crippen molar-refractivity contribution in [1.82, 2.24) is 0 Å². The standard InChI is InChI=1S/C12H8F2O/c1-7(15)9-4-5-12(14)11-6-8(13)2-3-10(9)11/h2-6H,1H3. The van der Waals surface area contributed by atoms with E-state index < -0.39 is 11.6 Å². The first-order chi connectivity index (χ1) is 7.09. The average molecular weight is 206 g/mol. The highest BCUT2D eigenvalue weighted by Crippen LogP contribution is 2.23. The van der Waals surface area contributed by atoms with E-state index in [9.17, 15) is 13.6 Å². The van der Waals surface area contributed by atoms with Gasteiger partial charge >= 0.3 is 0 Å². The number of carbonyl (C=O) groups is 1. The van der Waals surface area contributed by atoms with Crippen LogP contribution < -0.4 is 0 Å². The number of hydrogen-bond acceptors (Lipinski definition) is 1. The Balaban J connectivity index is 2.88. The quantitative estimate of drug-likeness (QED) is 0.654. The summed E-state index contributed by atoms with van der Waals surface area (Å²) in [6, 6.07) is 6.33. The van der Waals surface area contributed by atoms with Gasteiger partial charge in [-0.2, -0.15) is 0 Å². The van der Waals surface area contributed by atoms with Gasteiger partial charge in [0.2, 0.25) is 0 Å². The summed E-state index contributed by atoms with van der Waals surface area (Å²) in [5.41, 5.74) is 0.409. The molecule has 15 heavy (non-hydrogen) atoms. The first kappa shape index (κ1) is 9.77. The van der Waals surface area contributed by atoms with Crippen molar-refractivity contribution in [2.75, 3.05) is 0 Å². The monoisotopic (exact) mass is 206 g/mol. The van der Waals surface area contributed by atoms with Gasteiger partial charge in [-0.25, -0.2) is 8.78 Å². The maximum Gasteiger partial charge on any atom is 0.160 e. The van der Waals surface area contributed by atoms with Crippen molar-refractivity contribution in [3.8, 4) is 0 Å². The van der Waals surface area contributed by atoms with E-state index in [1.54, 1.807) is 0 Å². The highest BCUT2D eigenvalue weighted by molar-refractivity contribution is 6.07. The van der Waals surface area contributed by atoms with Gasteiger partial charge in [-0.1, -0.05) is 6.07 Å². The first-order valence-electron chi connectivity index (χ1n) is 4.48. The van der Waals surface area contributed by atoms with E-state index in [1.165, 1.54) is 31.2 Å². The van der Waals surface area contributed by atoms with Gasteiger partial charge in [-0.3, -0.25) is 4.79 Å². The molecule has 3 heteroatoms. The topological polar surface area (TPSA) is 17.1 Å². The molecular formula is C12H8F2O. The minimum atomic E-state index is -0.519. The second kappa shape index (κ2) is 3.42. The molecule has 0 aliphatic carbocycles. The lowest BCUT2D eigenvalue weighted by Gasteiger charge is -2.04. The van der Waals surface area contributed by atoms with Crippen LogP contribution in [0.25, 0.3) is 10.8 Å². The molecular weight excluding hydrogens is 198 g/mol. The van der Waals surface area contributed by atoms with Crippen molar-refractivity contribution in [3.63, 3.8) is 0 Å². The lowest BCUT2D eigenvalue weighted by Crippen LogP contribution is -1.95. The van der Waals surface area contributed by atoms with Crippen LogP contribution in [0.5, 0.6) is 0 Å². The van der Waals surface area contributed by atoms with Gasteiger partial charge in [0.25, 0.3) is 0 Å². The summed E-state index contributed by atoms with van der Waals surface area (Å²) in [5, 5.41) is 0.589. The molecule has 76 valence electrons. The number of halogens is 2. The first-order valence-corrected chi connectivity index (χ1v) is 4.48. The number of Topliss-reactive ketones (excluding diaryl/α,β-unsaturated/α-hetero) is 1. The Morgan fingerprint density at radius 1 is 1.07 bits per heavy atom. The second-order valence-electron chi connectivity index (χ2n) is 3.34. The lowest BCUT2D eigenvalue weighted by molar-refractivity contribution is 0.101. The molecule has 2 rings (SSSR count). The zero-order chi connectivity index (χ0) is 11.0. The van der Waals surface area contributed by atoms with Gasteiger partial charge in [-0.15, -0.1) is 0 Å². The largest absolute Gasteiger partial charge is 0.294 e. The van der Waals surface area contributed by atoms with Crippen molar-refractivity contribution in [2.24, 2.45) is 0 Å². The molecule has 1 nitrogen and oxygen atoms in total. The van der Waals surface area contributed by atoms with Crippen LogP contribution in [0.4, 0.5) is 8.78 Å². The second-order valence-corrected chi connectivity index (χ2v) is 3.34. The zero-order valence-corrected chi connectivity index (χ0v) is 8.05. The van der Waals surface area contributed by atoms with Gasteiger partial charge in [0.15, 0.2) is 5.78 Å². The fourth-order valence-electron chi connectivity index (χ4n) is 1.59. The van der Waals surface area contributed by atoms with E-state index in [1.807, 2.05) is 0 Å². The van der Waals surface area contributed by atoms with Crippen LogP contribution in [0.15, 0.2) is 30.3 Å². The molecule has 0 amide bonds. The van der Waals surface area contributed by atoms with E-state index in [0.29, 0.717) is 10.9 Å². The molecule has 0 aliphatic rings. The Labute approximate surface area is 85.3 Å². The molecule has 0 aliphatic heterocycles. The molecule has 0 unspecified atom stereocenters. The summed E-state index contributed by atoms with van der Waals surface area (Å²) < 4.78 is 26.2. The minimum Gasteiger partial charge on any atom is -0.294 e. The molecule has 0 aromatic heterocycles. The van der Waals surface area contributed by atoms with E-state index in [-0.39, 0.29) is 11.2 Å². The molecule has 0 heterocycles. The summed E-state index contributed by atoms with van der Waals surface area (Å²) in [4.78, 5) is 11.2. The van der Waals surface area contributed by atoms with E-state index in [4.69, 9.17) is 0 Å². The molecule has 0 fully saturated rings. The van der Waals surface area contributed by atoms with E-state index in [2.05, 4.69) is 0 Å². The molecule has 0 saturated heterocycles. The number of fused-ring (bicyclic) bond motifs is 1. The van der Waals surface area contributed by atoms with Crippen molar-refractivity contribution < 1.29 is 13.6 Å². The van der Waals surface area contributed by atoms with Gasteiger partial charge in [-0.05, 0) is 36.6 Å². The predicted octanol–water partition coefficient (Wildman–Crippen LogP) is 3.32. The zero-order valence-electron chi connectivity index (χ0n) is 8.05. The summed E-state index contributed by atoms with van der Waals surface area (Å²) >= 11 is 0. The van der Waals surface area contributed by atoms with Crippen LogP contribution in [0, 0.1) is 11.6 Å². The van der Waals surface area contributed by atoms with Gasteiger partial charge < -0.3 is 0 Å². The molecule has 0 atom stereocenters. The Kier molecular flexibility index (Phi) is 2.23.